The van der Waals surface area contributed by atoms with E-state index in [2.05, 4.69) is 38.3 Å². The van der Waals surface area contributed by atoms with Crippen LogP contribution in [0.4, 0.5) is 0 Å². The van der Waals surface area contributed by atoms with E-state index in [-0.39, 0.29) is 0 Å². The van der Waals surface area contributed by atoms with Gasteiger partial charge in [0.15, 0.2) is 0 Å². The molecule has 0 aliphatic heterocycles. The Balaban J connectivity index is 2.40. The lowest BCUT2D eigenvalue weighted by Gasteiger charge is -2.15. The highest BCUT2D eigenvalue weighted by atomic mass is 14.4. The van der Waals surface area contributed by atoms with Crippen molar-refractivity contribution in [2.24, 2.45) is 5.41 Å². The highest BCUT2D eigenvalue weighted by Crippen LogP contribution is 2.54. The Morgan fingerprint density at radius 3 is 2.57 bits per heavy atom. The molecule has 0 amide bonds. The lowest BCUT2D eigenvalue weighted by atomic mass is 9.90. The summed E-state index contributed by atoms with van der Waals surface area (Å²) in [6.07, 6.45) is 4.46. The number of allylic oxidation sites excluding steroid dienone is 1. The maximum absolute atomic E-state index is 4.22. The smallest absolute Gasteiger partial charge is 0.00743 e. The highest BCUT2D eigenvalue weighted by Gasteiger charge is 2.40. The lowest BCUT2D eigenvalue weighted by molar-refractivity contribution is 0.775. The second-order valence-corrected chi connectivity index (χ2v) is 4.33. The molecule has 0 atom stereocenters. The number of hydrogen-bond acceptors (Lipinski definition) is 0. The topological polar surface area (TPSA) is 0 Å². The van der Waals surface area contributed by atoms with Crippen LogP contribution in [-0.4, -0.2) is 0 Å². The van der Waals surface area contributed by atoms with Gasteiger partial charge < -0.3 is 0 Å². The zero-order chi connectivity index (χ0) is 10.2. The van der Waals surface area contributed by atoms with Gasteiger partial charge >= 0.3 is 0 Å². The summed E-state index contributed by atoms with van der Waals surface area (Å²) in [7, 11) is 0. The van der Waals surface area contributed by atoms with E-state index in [1.807, 2.05) is 12.1 Å². The third-order valence-electron chi connectivity index (χ3n) is 3.23. The number of hydrogen-bond donors (Lipinski definition) is 0. The van der Waals surface area contributed by atoms with Crippen molar-refractivity contribution in [3.63, 3.8) is 0 Å². The van der Waals surface area contributed by atoms with E-state index in [4.69, 9.17) is 0 Å². The molecule has 0 saturated heterocycles. The molecule has 1 aromatic rings. The van der Waals surface area contributed by atoms with Gasteiger partial charge in [-0.2, -0.15) is 0 Å². The Hall–Kier alpha value is -1.30. The summed E-state index contributed by atoms with van der Waals surface area (Å²) >= 11 is 0. The van der Waals surface area contributed by atoms with Crippen LogP contribution in [0.3, 0.4) is 0 Å². The van der Waals surface area contributed by atoms with Gasteiger partial charge in [-0.25, -0.2) is 0 Å². The fraction of sp³-hybridized carbons (Fsp3) is 0.286. The van der Waals surface area contributed by atoms with E-state index in [1.165, 1.54) is 29.5 Å². The van der Waals surface area contributed by atoms with Crippen LogP contribution in [0, 0.1) is 5.41 Å². The Morgan fingerprint density at radius 1 is 1.36 bits per heavy atom. The molecule has 14 heavy (non-hydrogen) atoms. The van der Waals surface area contributed by atoms with Crippen molar-refractivity contribution in [3.05, 3.63) is 48.6 Å². The maximum atomic E-state index is 4.22. The first-order valence-electron chi connectivity index (χ1n) is 5.08. The summed E-state index contributed by atoms with van der Waals surface area (Å²) in [5, 5.41) is 0. The summed E-state index contributed by atoms with van der Waals surface area (Å²) in [6, 6.07) is 8.35. The summed E-state index contributed by atoms with van der Waals surface area (Å²) in [4.78, 5) is 0. The molecule has 1 aliphatic carbocycles. The van der Waals surface area contributed by atoms with Crippen molar-refractivity contribution in [2.75, 3.05) is 0 Å². The van der Waals surface area contributed by atoms with E-state index >= 15 is 0 Å². The first-order chi connectivity index (χ1) is 6.67. The molecule has 2 rings (SSSR count). The van der Waals surface area contributed by atoms with E-state index in [9.17, 15) is 0 Å². The molecular weight excluding hydrogens is 168 g/mol. The Bertz CT molecular complexity index is 381. The van der Waals surface area contributed by atoms with Crippen LogP contribution in [0.5, 0.6) is 0 Å². The maximum Gasteiger partial charge on any atom is -0.00743 e. The molecule has 1 aliphatic rings. The molecule has 0 heteroatoms. The summed E-state index contributed by atoms with van der Waals surface area (Å²) in [6.45, 7) is 10.3. The van der Waals surface area contributed by atoms with E-state index in [0.29, 0.717) is 5.41 Å². The Labute approximate surface area is 86.0 Å². The molecule has 0 aromatic heterocycles. The number of rotatable bonds is 3. The SMILES string of the molecule is C=Cc1ccccc1C(=C)C1(C)CC1. The predicted molar refractivity (Wildman–Crippen MR) is 62.9 cm³/mol. The van der Waals surface area contributed by atoms with Gasteiger partial charge in [-0.1, -0.05) is 50.4 Å². The molecule has 0 spiro atoms. The molecule has 0 heterocycles. The Morgan fingerprint density at radius 2 is 2.00 bits per heavy atom. The van der Waals surface area contributed by atoms with Crippen molar-refractivity contribution in [2.45, 2.75) is 19.8 Å². The summed E-state index contributed by atoms with van der Waals surface area (Å²) in [5.74, 6) is 0. The monoisotopic (exact) mass is 184 g/mol. The van der Waals surface area contributed by atoms with Crippen LogP contribution >= 0.6 is 0 Å². The average Bonchev–Trinajstić information content (AvgIpc) is 2.97. The van der Waals surface area contributed by atoms with Gasteiger partial charge in [0.2, 0.25) is 0 Å². The van der Waals surface area contributed by atoms with Gasteiger partial charge in [0, 0.05) is 0 Å². The highest BCUT2D eigenvalue weighted by molar-refractivity contribution is 5.77. The van der Waals surface area contributed by atoms with Crippen molar-refractivity contribution < 1.29 is 0 Å². The number of benzene rings is 1. The molecule has 1 fully saturated rings. The minimum absolute atomic E-state index is 0.360. The molecule has 0 nitrogen and oxygen atoms in total. The zero-order valence-electron chi connectivity index (χ0n) is 8.72. The first-order valence-corrected chi connectivity index (χ1v) is 5.08. The Kier molecular flexibility index (Phi) is 2.07. The molecule has 1 aromatic carbocycles. The molecule has 0 N–H and O–H groups in total. The van der Waals surface area contributed by atoms with Gasteiger partial charge in [0.25, 0.3) is 0 Å². The van der Waals surface area contributed by atoms with Gasteiger partial charge in [0.05, 0.1) is 0 Å². The predicted octanol–water partition coefficient (Wildman–Crippen LogP) is 4.14. The van der Waals surface area contributed by atoms with E-state index in [0.717, 1.165) is 0 Å². The second kappa shape index (κ2) is 3.13. The zero-order valence-corrected chi connectivity index (χ0v) is 8.72. The van der Waals surface area contributed by atoms with Crippen LogP contribution in [0.15, 0.2) is 37.4 Å². The lowest BCUT2D eigenvalue weighted by Crippen LogP contribution is -1.98. The van der Waals surface area contributed by atoms with E-state index < -0.39 is 0 Å². The van der Waals surface area contributed by atoms with Crippen LogP contribution in [-0.2, 0) is 0 Å². The molecular formula is C14H16. The fourth-order valence-electron chi connectivity index (χ4n) is 1.76. The summed E-state index contributed by atoms with van der Waals surface area (Å²) < 4.78 is 0. The van der Waals surface area contributed by atoms with Crippen LogP contribution in [0.25, 0.3) is 11.6 Å². The second-order valence-electron chi connectivity index (χ2n) is 4.33. The minimum atomic E-state index is 0.360. The molecule has 0 unspecified atom stereocenters. The molecule has 1 saturated carbocycles. The van der Waals surface area contributed by atoms with Crippen LogP contribution in [0.1, 0.15) is 30.9 Å². The standard InChI is InChI=1S/C14H16/c1-4-12-7-5-6-8-13(12)11(2)14(3)9-10-14/h4-8H,1-2,9-10H2,3H3. The molecule has 0 bridgehead atoms. The van der Waals surface area contributed by atoms with Crippen LogP contribution < -0.4 is 0 Å². The van der Waals surface area contributed by atoms with Gasteiger partial charge in [-0.3, -0.25) is 0 Å². The van der Waals surface area contributed by atoms with Crippen molar-refractivity contribution >= 4 is 11.6 Å². The third-order valence-corrected chi connectivity index (χ3v) is 3.23. The van der Waals surface area contributed by atoms with E-state index in [1.54, 1.807) is 0 Å². The van der Waals surface area contributed by atoms with Crippen LogP contribution in [0.2, 0.25) is 0 Å². The molecule has 72 valence electrons. The molecule has 0 radical (unpaired) electrons. The fourth-order valence-corrected chi connectivity index (χ4v) is 1.76. The quantitative estimate of drug-likeness (QED) is 0.662. The largest absolute Gasteiger partial charge is 0.0984 e. The summed E-state index contributed by atoms with van der Waals surface area (Å²) in [5.41, 5.74) is 4.10. The average molecular weight is 184 g/mol. The third kappa shape index (κ3) is 1.41. The van der Waals surface area contributed by atoms with Crippen molar-refractivity contribution in [1.29, 1.82) is 0 Å². The van der Waals surface area contributed by atoms with Gasteiger partial charge in [-0.15, -0.1) is 0 Å². The normalized spacial score (nSPS) is 17.5. The van der Waals surface area contributed by atoms with Crippen molar-refractivity contribution in [3.8, 4) is 0 Å². The van der Waals surface area contributed by atoms with Gasteiger partial charge in [-0.05, 0) is 35.0 Å². The minimum Gasteiger partial charge on any atom is -0.0984 e. The van der Waals surface area contributed by atoms with Crippen molar-refractivity contribution in [1.82, 2.24) is 0 Å². The first kappa shape index (κ1) is 9.26. The van der Waals surface area contributed by atoms with Gasteiger partial charge in [0.1, 0.15) is 0 Å².